The molecule has 2 heterocycles. The summed E-state index contributed by atoms with van der Waals surface area (Å²) in [6.07, 6.45) is 9.92. The Balaban J connectivity index is 1.44. The number of rotatable bonds is 6. The molecule has 0 bridgehead atoms. The van der Waals surface area contributed by atoms with Crippen molar-refractivity contribution in [2.45, 2.75) is 58.3 Å². The van der Waals surface area contributed by atoms with Gasteiger partial charge in [0.2, 0.25) is 0 Å². The summed E-state index contributed by atoms with van der Waals surface area (Å²) in [6, 6.07) is 11.1. The first-order valence-electron chi connectivity index (χ1n) is 11.8. The van der Waals surface area contributed by atoms with E-state index in [0.717, 1.165) is 26.2 Å². The van der Waals surface area contributed by atoms with Gasteiger partial charge in [0.1, 0.15) is 0 Å². The second-order valence-electron chi connectivity index (χ2n) is 9.02. The molecule has 2 nitrogen and oxygen atoms in total. The molecule has 0 saturated carbocycles. The minimum absolute atomic E-state index is 0.548. The fourth-order valence-electron chi connectivity index (χ4n) is 5.91. The molecule has 2 aliphatic heterocycles. The predicted octanol–water partition coefficient (Wildman–Crippen LogP) is 6.05. The van der Waals surface area contributed by atoms with Crippen molar-refractivity contribution in [2.75, 3.05) is 26.2 Å². The molecular weight excluding hydrogens is 352 g/mol. The van der Waals surface area contributed by atoms with Crippen LogP contribution < -0.4 is 5.32 Å². The maximum absolute atomic E-state index is 4.64. The van der Waals surface area contributed by atoms with Gasteiger partial charge < -0.3 is 10.2 Å². The molecule has 1 aromatic carbocycles. The molecule has 2 saturated heterocycles. The van der Waals surface area contributed by atoms with Gasteiger partial charge in [-0.15, -0.1) is 0 Å². The number of hydrogen-bond donors (Lipinski definition) is 1. The summed E-state index contributed by atoms with van der Waals surface area (Å²) >= 11 is 0. The quantitative estimate of drug-likeness (QED) is 0.636. The number of piperidine rings is 1. The standard InChI is InChI=1S/C27H38N2/c1-4-21-12-9-13-25(24(21)5-2)27-19-28-18-26(27)20(3)29-16-14-23(15-17-29)22-10-7-6-8-11-22/h6-8,10-11,13,23,26-28H,3-5,9,12,14-19H2,1-2H3/t26-,27?/m0/s1. The molecule has 1 aliphatic carbocycles. The van der Waals surface area contributed by atoms with Gasteiger partial charge in [-0.1, -0.05) is 62.4 Å². The van der Waals surface area contributed by atoms with Gasteiger partial charge in [0, 0.05) is 43.7 Å². The molecular formula is C27H38N2. The highest BCUT2D eigenvalue weighted by Gasteiger charge is 2.36. The third kappa shape index (κ3) is 4.23. The molecule has 3 aliphatic rings. The molecule has 0 radical (unpaired) electrons. The Morgan fingerprint density at radius 2 is 1.83 bits per heavy atom. The number of hydrogen-bond acceptors (Lipinski definition) is 2. The van der Waals surface area contributed by atoms with Crippen molar-refractivity contribution in [3.05, 3.63) is 71.0 Å². The van der Waals surface area contributed by atoms with Crippen molar-refractivity contribution in [3.63, 3.8) is 0 Å². The number of allylic oxidation sites excluding steroid dienone is 3. The van der Waals surface area contributed by atoms with Gasteiger partial charge in [0.25, 0.3) is 0 Å². The maximum Gasteiger partial charge on any atom is 0.0188 e. The largest absolute Gasteiger partial charge is 0.375 e. The second kappa shape index (κ2) is 9.34. The van der Waals surface area contributed by atoms with E-state index in [1.807, 2.05) is 0 Å². The SMILES string of the molecule is C=C([C@@H]1CNCC1C1=CCCC(CC)=C1CC)N1CCC(c2ccccc2)CC1. The first kappa shape index (κ1) is 20.5. The zero-order valence-electron chi connectivity index (χ0n) is 18.4. The molecule has 0 aromatic heterocycles. The van der Waals surface area contributed by atoms with E-state index in [1.165, 1.54) is 49.8 Å². The lowest BCUT2D eigenvalue weighted by Gasteiger charge is -2.39. The van der Waals surface area contributed by atoms with Crippen LogP contribution in [0.15, 0.2) is 65.4 Å². The summed E-state index contributed by atoms with van der Waals surface area (Å²) in [4.78, 5) is 2.60. The van der Waals surface area contributed by atoms with Gasteiger partial charge in [-0.05, 0) is 61.2 Å². The number of likely N-dealkylation sites (tertiary alicyclic amines) is 1. The van der Waals surface area contributed by atoms with E-state index in [9.17, 15) is 0 Å². The van der Waals surface area contributed by atoms with Crippen molar-refractivity contribution in [3.8, 4) is 0 Å². The summed E-state index contributed by atoms with van der Waals surface area (Å²) in [7, 11) is 0. The van der Waals surface area contributed by atoms with Gasteiger partial charge >= 0.3 is 0 Å². The molecule has 4 rings (SSSR count). The van der Waals surface area contributed by atoms with E-state index in [0.29, 0.717) is 17.8 Å². The minimum atomic E-state index is 0.548. The zero-order valence-corrected chi connectivity index (χ0v) is 18.4. The summed E-state index contributed by atoms with van der Waals surface area (Å²) in [5, 5.41) is 3.70. The van der Waals surface area contributed by atoms with Crippen molar-refractivity contribution in [1.29, 1.82) is 0 Å². The van der Waals surface area contributed by atoms with E-state index >= 15 is 0 Å². The third-order valence-electron chi connectivity index (χ3n) is 7.58. The summed E-state index contributed by atoms with van der Waals surface area (Å²) in [5.41, 5.74) is 7.89. The molecule has 1 aromatic rings. The van der Waals surface area contributed by atoms with E-state index < -0.39 is 0 Å². The molecule has 2 heteroatoms. The van der Waals surface area contributed by atoms with Crippen LogP contribution in [0.3, 0.4) is 0 Å². The first-order valence-corrected chi connectivity index (χ1v) is 11.8. The van der Waals surface area contributed by atoms with Gasteiger partial charge in [-0.3, -0.25) is 0 Å². The van der Waals surface area contributed by atoms with Crippen LogP contribution in [0, 0.1) is 11.8 Å². The van der Waals surface area contributed by atoms with Gasteiger partial charge in [0.05, 0.1) is 0 Å². The highest BCUT2D eigenvalue weighted by molar-refractivity contribution is 5.42. The molecule has 1 N–H and O–H groups in total. The molecule has 0 amide bonds. The smallest absolute Gasteiger partial charge is 0.0188 e. The first-order chi connectivity index (χ1) is 14.2. The Hall–Kier alpha value is -1.80. The van der Waals surface area contributed by atoms with Crippen molar-refractivity contribution < 1.29 is 0 Å². The van der Waals surface area contributed by atoms with Crippen LogP contribution in [0.4, 0.5) is 0 Å². The van der Waals surface area contributed by atoms with Crippen molar-refractivity contribution in [2.24, 2.45) is 11.8 Å². The lowest BCUT2D eigenvalue weighted by molar-refractivity contribution is 0.233. The van der Waals surface area contributed by atoms with Crippen LogP contribution in [-0.4, -0.2) is 31.1 Å². The van der Waals surface area contributed by atoms with Crippen molar-refractivity contribution >= 4 is 0 Å². The normalized spacial score (nSPS) is 26.0. The predicted molar refractivity (Wildman–Crippen MR) is 124 cm³/mol. The van der Waals surface area contributed by atoms with Crippen LogP contribution in [0.1, 0.15) is 63.9 Å². The van der Waals surface area contributed by atoms with Crippen LogP contribution in [-0.2, 0) is 0 Å². The van der Waals surface area contributed by atoms with E-state index in [2.05, 4.69) is 67.1 Å². The van der Waals surface area contributed by atoms with Crippen LogP contribution in [0.2, 0.25) is 0 Å². The molecule has 2 fully saturated rings. The lowest BCUT2D eigenvalue weighted by atomic mass is 9.76. The number of nitrogens with one attached hydrogen (secondary N) is 1. The van der Waals surface area contributed by atoms with E-state index in [4.69, 9.17) is 0 Å². The minimum Gasteiger partial charge on any atom is -0.375 e. The Bertz CT molecular complexity index is 765. The number of nitrogens with zero attached hydrogens (tertiary/aromatic N) is 1. The number of benzene rings is 1. The maximum atomic E-state index is 4.64. The topological polar surface area (TPSA) is 15.3 Å². The molecule has 0 spiro atoms. The monoisotopic (exact) mass is 390 g/mol. The Morgan fingerprint density at radius 3 is 2.52 bits per heavy atom. The average molecular weight is 391 g/mol. The van der Waals surface area contributed by atoms with Crippen LogP contribution in [0.5, 0.6) is 0 Å². The Kier molecular flexibility index (Phi) is 6.60. The van der Waals surface area contributed by atoms with Gasteiger partial charge in [0.15, 0.2) is 0 Å². The van der Waals surface area contributed by atoms with Crippen molar-refractivity contribution in [1.82, 2.24) is 10.2 Å². The Morgan fingerprint density at radius 1 is 1.07 bits per heavy atom. The van der Waals surface area contributed by atoms with Crippen LogP contribution in [0.25, 0.3) is 0 Å². The summed E-state index contributed by atoms with van der Waals surface area (Å²) in [6.45, 7) is 13.8. The highest BCUT2D eigenvalue weighted by atomic mass is 15.2. The molecule has 2 atom stereocenters. The summed E-state index contributed by atoms with van der Waals surface area (Å²) < 4.78 is 0. The average Bonchev–Trinajstić information content (AvgIpc) is 3.28. The highest BCUT2D eigenvalue weighted by Crippen LogP contribution is 2.41. The fourth-order valence-corrected chi connectivity index (χ4v) is 5.91. The molecule has 29 heavy (non-hydrogen) atoms. The fraction of sp³-hybridized carbons (Fsp3) is 0.556. The third-order valence-corrected chi connectivity index (χ3v) is 7.58. The van der Waals surface area contributed by atoms with E-state index in [-0.39, 0.29) is 0 Å². The zero-order chi connectivity index (χ0) is 20.2. The van der Waals surface area contributed by atoms with Crippen LogP contribution >= 0.6 is 0 Å². The molecule has 1 unspecified atom stereocenters. The second-order valence-corrected chi connectivity index (χ2v) is 9.02. The van der Waals surface area contributed by atoms with E-state index in [1.54, 1.807) is 16.7 Å². The summed E-state index contributed by atoms with van der Waals surface area (Å²) in [5.74, 6) is 1.86. The van der Waals surface area contributed by atoms with Gasteiger partial charge in [-0.25, -0.2) is 0 Å². The molecule has 156 valence electrons. The lowest BCUT2D eigenvalue weighted by Crippen LogP contribution is -2.36. The Labute approximate surface area is 177 Å². The van der Waals surface area contributed by atoms with Gasteiger partial charge in [-0.2, -0.15) is 0 Å².